The molecule has 2 rings (SSSR count). The summed E-state index contributed by atoms with van der Waals surface area (Å²) < 4.78 is 38.9. The Balaban J connectivity index is 2.32. The van der Waals surface area contributed by atoms with Crippen LogP contribution in [0.5, 0.6) is 5.75 Å². The van der Waals surface area contributed by atoms with Crippen molar-refractivity contribution in [3.63, 3.8) is 0 Å². The minimum absolute atomic E-state index is 0.0727. The van der Waals surface area contributed by atoms with E-state index >= 15 is 0 Å². The molecular weight excluding hydrogens is 370 g/mol. The monoisotopic (exact) mass is 387 g/mol. The predicted molar refractivity (Wildman–Crippen MR) is 91.4 cm³/mol. The predicted octanol–water partition coefficient (Wildman–Crippen LogP) is 1.53. The van der Waals surface area contributed by atoms with Crippen LogP contribution in [-0.4, -0.2) is 44.4 Å². The summed E-state index contributed by atoms with van der Waals surface area (Å²) in [5.74, 6) is -0.719. The molecule has 1 heterocycles. The largest absolute Gasteiger partial charge is 0.490 e. The molecule has 0 atom stereocenters. The molecule has 1 amide bonds. The van der Waals surface area contributed by atoms with Gasteiger partial charge in [-0.2, -0.15) is 5.10 Å². The molecule has 0 aliphatic heterocycles. The zero-order chi connectivity index (χ0) is 18.6. The lowest BCUT2D eigenvalue weighted by Gasteiger charge is -2.13. The zero-order valence-corrected chi connectivity index (χ0v) is 15.5. The van der Waals surface area contributed by atoms with Gasteiger partial charge in [-0.15, -0.1) is 0 Å². The van der Waals surface area contributed by atoms with E-state index in [0.717, 1.165) is 0 Å². The molecule has 0 bridgehead atoms. The maximum Gasteiger partial charge on any atom is 0.283 e. The Bertz CT molecular complexity index is 860. The highest BCUT2D eigenvalue weighted by Crippen LogP contribution is 2.27. The van der Waals surface area contributed by atoms with E-state index in [9.17, 15) is 13.2 Å². The van der Waals surface area contributed by atoms with Crippen molar-refractivity contribution in [1.29, 1.82) is 0 Å². The minimum Gasteiger partial charge on any atom is -0.490 e. The number of nitrogens with zero attached hydrogens (tertiary/aromatic N) is 2. The Morgan fingerprint density at radius 3 is 2.68 bits per heavy atom. The van der Waals surface area contributed by atoms with Gasteiger partial charge in [0.15, 0.2) is 0 Å². The van der Waals surface area contributed by atoms with E-state index in [-0.39, 0.29) is 34.6 Å². The van der Waals surface area contributed by atoms with Crippen LogP contribution in [0, 0.1) is 6.92 Å². The van der Waals surface area contributed by atoms with Crippen LogP contribution >= 0.6 is 11.6 Å². The second-order valence-corrected chi connectivity index (χ2v) is 7.25. The number of rotatable bonds is 7. The molecule has 0 fully saturated rings. The Morgan fingerprint density at radius 2 is 2.08 bits per heavy atom. The number of hydrogen-bond donors (Lipinski definition) is 1. The number of benzene rings is 1. The van der Waals surface area contributed by atoms with E-state index in [4.69, 9.17) is 21.1 Å². The van der Waals surface area contributed by atoms with Crippen LogP contribution < -0.4 is 9.46 Å². The highest BCUT2D eigenvalue weighted by atomic mass is 35.5. The third-order valence-corrected chi connectivity index (χ3v) is 4.89. The summed E-state index contributed by atoms with van der Waals surface area (Å²) in [5.41, 5.74) is 0.699. The fraction of sp³-hybridized carbons (Fsp3) is 0.333. The number of carbonyl (C=O) groups is 1. The van der Waals surface area contributed by atoms with Crippen LogP contribution in [0.4, 0.5) is 0 Å². The van der Waals surface area contributed by atoms with Gasteiger partial charge in [0.05, 0.1) is 12.8 Å². The second-order valence-electron chi connectivity index (χ2n) is 5.17. The number of nitrogens with one attached hydrogen (secondary N) is 1. The average molecular weight is 388 g/mol. The molecular formula is C15H18ClN3O5S. The summed E-state index contributed by atoms with van der Waals surface area (Å²) in [4.78, 5) is 12.1. The number of hydrogen-bond acceptors (Lipinski definition) is 6. The fourth-order valence-corrected chi connectivity index (χ4v) is 3.51. The van der Waals surface area contributed by atoms with Crippen molar-refractivity contribution in [2.24, 2.45) is 7.05 Å². The average Bonchev–Trinajstić information content (AvgIpc) is 2.87. The van der Waals surface area contributed by atoms with Gasteiger partial charge in [-0.05, 0) is 25.1 Å². The van der Waals surface area contributed by atoms with Crippen molar-refractivity contribution in [2.75, 3.05) is 20.3 Å². The molecule has 0 saturated heterocycles. The molecule has 1 N–H and O–H groups in total. The van der Waals surface area contributed by atoms with Crippen molar-refractivity contribution in [3.05, 3.63) is 40.7 Å². The molecule has 136 valence electrons. The van der Waals surface area contributed by atoms with Crippen molar-refractivity contribution in [2.45, 2.75) is 11.8 Å². The maximum absolute atomic E-state index is 12.6. The second kappa shape index (κ2) is 7.85. The van der Waals surface area contributed by atoms with Gasteiger partial charge in [-0.1, -0.05) is 11.6 Å². The van der Waals surface area contributed by atoms with Gasteiger partial charge in [-0.3, -0.25) is 9.48 Å². The number of methoxy groups -OCH3 is 1. The lowest BCUT2D eigenvalue weighted by Crippen LogP contribution is -2.32. The molecule has 0 spiro atoms. The molecule has 25 heavy (non-hydrogen) atoms. The minimum atomic E-state index is -4.20. The molecule has 0 radical (unpaired) electrons. The smallest absolute Gasteiger partial charge is 0.283 e. The lowest BCUT2D eigenvalue weighted by atomic mass is 10.3. The zero-order valence-electron chi connectivity index (χ0n) is 13.9. The van der Waals surface area contributed by atoms with Crippen LogP contribution in [-0.2, 0) is 21.8 Å². The maximum atomic E-state index is 12.6. The summed E-state index contributed by atoms with van der Waals surface area (Å²) >= 11 is 5.90. The molecule has 2 aromatic rings. The van der Waals surface area contributed by atoms with Gasteiger partial charge in [-0.25, -0.2) is 13.1 Å². The first kappa shape index (κ1) is 19.2. The van der Waals surface area contributed by atoms with Gasteiger partial charge in [0, 0.05) is 24.7 Å². The van der Waals surface area contributed by atoms with E-state index < -0.39 is 15.9 Å². The first-order valence-electron chi connectivity index (χ1n) is 7.23. The van der Waals surface area contributed by atoms with Gasteiger partial charge >= 0.3 is 0 Å². The number of aryl methyl sites for hydroxylation is 2. The first-order chi connectivity index (χ1) is 11.8. The summed E-state index contributed by atoms with van der Waals surface area (Å²) in [6.07, 6.45) is 1.47. The Kier molecular flexibility index (Phi) is 6.04. The third-order valence-electron chi connectivity index (χ3n) is 3.30. The SMILES string of the molecule is COCCOc1ccc(Cl)cc1S(=O)(=O)NC(=O)c1c(C)cnn1C. The number of carbonyl (C=O) groups excluding carboxylic acids is 1. The van der Waals surface area contributed by atoms with E-state index in [1.165, 1.54) is 36.2 Å². The molecule has 0 aliphatic carbocycles. The van der Waals surface area contributed by atoms with E-state index in [1.807, 2.05) is 4.72 Å². The molecule has 1 aromatic carbocycles. The van der Waals surface area contributed by atoms with Crippen molar-refractivity contribution < 1.29 is 22.7 Å². The number of sulfonamides is 1. The number of amides is 1. The van der Waals surface area contributed by atoms with Gasteiger partial charge < -0.3 is 9.47 Å². The third kappa shape index (κ3) is 4.50. The molecule has 8 nitrogen and oxygen atoms in total. The fourth-order valence-electron chi connectivity index (χ4n) is 2.14. The standard InChI is InChI=1S/C15H18ClN3O5S/c1-10-9-17-19(2)14(10)15(20)18-25(21,22)13-8-11(16)4-5-12(13)24-7-6-23-3/h4-5,8-9H,6-7H2,1-3H3,(H,18,20). The van der Waals surface area contributed by atoms with Gasteiger partial charge in [0.2, 0.25) is 0 Å². The molecule has 0 saturated carbocycles. The Hall–Kier alpha value is -2.10. The van der Waals surface area contributed by atoms with Crippen molar-refractivity contribution >= 4 is 27.5 Å². The Morgan fingerprint density at radius 1 is 1.36 bits per heavy atom. The first-order valence-corrected chi connectivity index (χ1v) is 9.09. The Labute approximate surface area is 150 Å². The van der Waals surface area contributed by atoms with Crippen molar-refractivity contribution in [1.82, 2.24) is 14.5 Å². The molecule has 0 aliphatic rings. The normalized spacial score (nSPS) is 11.4. The number of aromatic nitrogens is 2. The van der Waals surface area contributed by atoms with E-state index in [1.54, 1.807) is 14.0 Å². The van der Waals surface area contributed by atoms with Crippen LogP contribution in [0.2, 0.25) is 5.02 Å². The van der Waals surface area contributed by atoms with Gasteiger partial charge in [0.25, 0.3) is 15.9 Å². The number of ether oxygens (including phenoxy) is 2. The summed E-state index contributed by atoms with van der Waals surface area (Å²) in [5, 5.41) is 4.12. The van der Waals surface area contributed by atoms with Crippen LogP contribution in [0.1, 0.15) is 16.1 Å². The molecule has 0 unspecified atom stereocenters. The van der Waals surface area contributed by atoms with Crippen LogP contribution in [0.3, 0.4) is 0 Å². The summed E-state index contributed by atoms with van der Waals surface area (Å²) in [6, 6.07) is 4.14. The topological polar surface area (TPSA) is 99.5 Å². The molecule has 10 heteroatoms. The lowest BCUT2D eigenvalue weighted by molar-refractivity contribution is 0.0971. The van der Waals surface area contributed by atoms with Gasteiger partial charge in [0.1, 0.15) is 22.9 Å². The quantitative estimate of drug-likeness (QED) is 0.723. The van der Waals surface area contributed by atoms with E-state index in [0.29, 0.717) is 5.56 Å². The summed E-state index contributed by atoms with van der Waals surface area (Å²) in [7, 11) is -1.15. The highest BCUT2D eigenvalue weighted by Gasteiger charge is 2.25. The number of halogens is 1. The summed E-state index contributed by atoms with van der Waals surface area (Å²) in [6.45, 7) is 2.09. The van der Waals surface area contributed by atoms with Crippen LogP contribution in [0.25, 0.3) is 0 Å². The van der Waals surface area contributed by atoms with Crippen LogP contribution in [0.15, 0.2) is 29.3 Å². The van der Waals surface area contributed by atoms with Crippen molar-refractivity contribution in [3.8, 4) is 5.75 Å². The molecule has 1 aromatic heterocycles. The highest BCUT2D eigenvalue weighted by molar-refractivity contribution is 7.90. The van der Waals surface area contributed by atoms with E-state index in [2.05, 4.69) is 5.10 Å².